The normalized spacial score (nSPS) is 39.5. The maximum absolute atomic E-state index is 13.2. The Hall–Kier alpha value is -3.14. The molecule has 9 heteroatoms. The van der Waals surface area contributed by atoms with E-state index in [1.807, 2.05) is 12.1 Å². The molecule has 4 fully saturated rings. The van der Waals surface area contributed by atoms with Gasteiger partial charge in [-0.05, 0) is 101 Å². The first-order valence-corrected chi connectivity index (χ1v) is 16.0. The van der Waals surface area contributed by atoms with Gasteiger partial charge in [-0.25, -0.2) is 0 Å². The average molecular weight is 585 g/mol. The van der Waals surface area contributed by atoms with Gasteiger partial charge in [0.2, 0.25) is 11.5 Å². The fourth-order valence-electron chi connectivity index (χ4n) is 11.2. The number of carbonyl (C=O) groups excluding carboxylic acids is 2. The summed E-state index contributed by atoms with van der Waals surface area (Å²) < 4.78 is 13.0. The quantitative estimate of drug-likeness (QED) is 0.396. The van der Waals surface area contributed by atoms with Crippen molar-refractivity contribution in [1.29, 1.82) is 0 Å². The Kier molecular flexibility index (Phi) is 4.87. The smallest absolute Gasteiger partial charge is 0.211 e. The monoisotopic (exact) mass is 584 g/mol. The number of Topliss-reactive ketones (excluding diaryl/α,β-unsaturated/α-hetero) is 2. The van der Waals surface area contributed by atoms with Gasteiger partial charge in [0.15, 0.2) is 35.3 Å². The van der Waals surface area contributed by atoms with Gasteiger partial charge in [0.1, 0.15) is 0 Å². The summed E-state index contributed by atoms with van der Waals surface area (Å²) in [7, 11) is 4.41. The predicted molar refractivity (Wildman–Crippen MR) is 152 cm³/mol. The molecule has 8 atom stereocenters. The molecule has 0 unspecified atom stereocenters. The van der Waals surface area contributed by atoms with Crippen LogP contribution in [0.2, 0.25) is 0 Å². The van der Waals surface area contributed by atoms with E-state index >= 15 is 0 Å². The van der Waals surface area contributed by atoms with Crippen molar-refractivity contribution in [2.75, 3.05) is 27.2 Å². The van der Waals surface area contributed by atoms with Crippen LogP contribution >= 0.6 is 0 Å². The third-order valence-corrected chi connectivity index (χ3v) is 13.0. The second-order valence-electron chi connectivity index (χ2n) is 14.4. The summed E-state index contributed by atoms with van der Waals surface area (Å²) in [5.74, 6) is 3.23. The molecule has 4 heterocycles. The second kappa shape index (κ2) is 8.31. The number of carbonyl (C=O) groups is 2. The Morgan fingerprint density at radius 2 is 1.19 bits per heavy atom. The van der Waals surface area contributed by atoms with Crippen molar-refractivity contribution in [3.8, 4) is 23.0 Å². The molecule has 43 heavy (non-hydrogen) atoms. The molecule has 2 spiro atoms. The van der Waals surface area contributed by atoms with Gasteiger partial charge in [0, 0.05) is 51.9 Å². The number of ketones is 2. The Morgan fingerprint density at radius 1 is 0.721 bits per heavy atom. The number of hydrogen-bond acceptors (Lipinski definition) is 9. The van der Waals surface area contributed by atoms with Crippen LogP contribution in [0.15, 0.2) is 24.3 Å². The van der Waals surface area contributed by atoms with E-state index in [1.165, 1.54) is 11.1 Å². The van der Waals surface area contributed by atoms with Crippen LogP contribution in [0.3, 0.4) is 0 Å². The predicted octanol–water partition coefficient (Wildman–Crippen LogP) is 3.47. The number of likely N-dealkylation sites (tertiary alicyclic amines) is 2. The lowest BCUT2D eigenvalue weighted by Crippen LogP contribution is -2.65. The molecule has 224 valence electrons. The summed E-state index contributed by atoms with van der Waals surface area (Å²) in [6.45, 7) is 1.89. The van der Waals surface area contributed by atoms with Crippen LogP contribution in [-0.2, 0) is 38.3 Å². The van der Waals surface area contributed by atoms with Crippen LogP contribution in [0, 0.1) is 11.8 Å². The molecule has 4 aliphatic carbocycles. The zero-order valence-electron chi connectivity index (χ0n) is 24.6. The van der Waals surface area contributed by atoms with E-state index in [9.17, 15) is 9.59 Å². The van der Waals surface area contributed by atoms with E-state index in [2.05, 4.69) is 36.0 Å². The van der Waals surface area contributed by atoms with Crippen LogP contribution < -0.4 is 19.2 Å². The molecular weight excluding hydrogens is 548 g/mol. The van der Waals surface area contributed by atoms with Crippen molar-refractivity contribution in [2.24, 2.45) is 11.8 Å². The zero-order chi connectivity index (χ0) is 28.8. The summed E-state index contributed by atoms with van der Waals surface area (Å²) in [5, 5.41) is 5.48. The van der Waals surface area contributed by atoms with Crippen molar-refractivity contribution >= 4 is 11.6 Å². The number of likely N-dealkylation sites (N-methyl/N-ethyl adjacent to an activating group) is 2. The maximum atomic E-state index is 13.2. The fraction of sp³-hybridized carbons (Fsp3) is 0.588. The van der Waals surface area contributed by atoms with Gasteiger partial charge >= 0.3 is 0 Å². The van der Waals surface area contributed by atoms with Gasteiger partial charge in [-0.2, -0.15) is 0 Å². The third kappa shape index (κ3) is 2.90. The topological polar surface area (TPSA) is 86.8 Å². The van der Waals surface area contributed by atoms with Crippen molar-refractivity contribution in [2.45, 2.75) is 86.5 Å². The highest BCUT2D eigenvalue weighted by molar-refractivity contribution is 5.90. The largest absolute Gasteiger partial charge is 0.477 e. The van der Waals surface area contributed by atoms with Crippen molar-refractivity contribution < 1.29 is 33.9 Å². The summed E-state index contributed by atoms with van der Waals surface area (Å²) in [5.41, 5.74) is 4.17. The average Bonchev–Trinajstić information content (AvgIpc) is 3.55. The maximum Gasteiger partial charge on any atom is 0.211 e. The van der Waals surface area contributed by atoms with Crippen molar-refractivity contribution in [3.63, 3.8) is 0 Å². The first-order chi connectivity index (χ1) is 20.9. The molecule has 0 radical (unpaired) electrons. The van der Waals surface area contributed by atoms with Gasteiger partial charge in [-0.15, -0.1) is 0 Å². The lowest BCUT2D eigenvalue weighted by molar-refractivity contribution is -0.411. The summed E-state index contributed by atoms with van der Waals surface area (Å²) in [6.07, 6.45) is 5.68. The van der Waals surface area contributed by atoms with Crippen LogP contribution in [0.4, 0.5) is 0 Å². The highest BCUT2D eigenvalue weighted by Crippen LogP contribution is 2.64. The number of hydrogen-bond donors (Lipinski definition) is 0. The number of piperidine rings is 2. The molecule has 4 bridgehead atoms. The van der Waals surface area contributed by atoms with Gasteiger partial charge in [0.05, 0.1) is 0 Å². The highest BCUT2D eigenvalue weighted by Gasteiger charge is 2.67. The molecule has 2 saturated carbocycles. The van der Waals surface area contributed by atoms with Gasteiger partial charge in [-0.1, -0.05) is 12.1 Å². The van der Waals surface area contributed by atoms with E-state index in [0.717, 1.165) is 62.7 Å². The molecule has 2 aromatic carbocycles. The van der Waals surface area contributed by atoms with E-state index in [0.29, 0.717) is 59.8 Å². The molecule has 0 amide bonds. The minimum atomic E-state index is -0.469. The van der Waals surface area contributed by atoms with E-state index in [-0.39, 0.29) is 22.4 Å². The standard InChI is InChI=1S/C34H36N2O7/c1-35-13-11-33-19-5-7-23(37)31(33)39-29-25(9-3-17(27(29)33)15-21(19)35)41-43-42-26-10-4-18-16-22-20-6-8-24(38)32-34(20,12-14-36(22)2)28(18)30(26)40-32/h3-4,9-10,19-22,31-32H,5-8,11-16H2,1-2H3/t19-,20-,21+,22+,31-,32-,33-,34-/m0/s1. The lowest BCUT2D eigenvalue weighted by atomic mass is 9.52. The Balaban J connectivity index is 0.976. The zero-order valence-corrected chi connectivity index (χ0v) is 24.6. The minimum Gasteiger partial charge on any atom is -0.477 e. The van der Waals surface area contributed by atoms with Crippen LogP contribution in [0.5, 0.6) is 23.0 Å². The number of benzene rings is 2. The Labute approximate surface area is 250 Å². The highest BCUT2D eigenvalue weighted by atomic mass is 17.5. The van der Waals surface area contributed by atoms with Crippen molar-refractivity contribution in [1.82, 2.24) is 9.80 Å². The third-order valence-electron chi connectivity index (χ3n) is 13.0. The number of nitrogens with zero attached hydrogens (tertiary/aromatic N) is 2. The van der Waals surface area contributed by atoms with E-state index in [1.54, 1.807) is 0 Å². The van der Waals surface area contributed by atoms with Crippen LogP contribution in [0.25, 0.3) is 0 Å². The molecule has 0 aromatic heterocycles. The van der Waals surface area contributed by atoms with Crippen molar-refractivity contribution in [3.05, 3.63) is 46.5 Å². The Bertz CT molecular complexity index is 1510. The molecule has 0 N–H and O–H groups in total. The van der Waals surface area contributed by atoms with E-state index < -0.39 is 12.2 Å². The summed E-state index contributed by atoms with van der Waals surface area (Å²) >= 11 is 0. The Morgan fingerprint density at radius 3 is 1.65 bits per heavy atom. The molecule has 9 nitrogen and oxygen atoms in total. The van der Waals surface area contributed by atoms with Gasteiger partial charge < -0.3 is 19.3 Å². The minimum absolute atomic E-state index is 0.186. The second-order valence-corrected chi connectivity index (χ2v) is 14.4. The summed E-state index contributed by atoms with van der Waals surface area (Å²) in [4.78, 5) is 43.0. The molecule has 8 aliphatic rings. The van der Waals surface area contributed by atoms with Gasteiger partial charge in [0.25, 0.3) is 0 Å². The van der Waals surface area contributed by atoms with Crippen LogP contribution in [0.1, 0.15) is 60.8 Å². The fourth-order valence-corrected chi connectivity index (χ4v) is 11.2. The number of rotatable bonds is 4. The van der Waals surface area contributed by atoms with Crippen LogP contribution in [-0.4, -0.2) is 72.8 Å². The molecule has 2 aromatic rings. The molecule has 4 aliphatic heterocycles. The summed E-state index contributed by atoms with van der Waals surface area (Å²) in [6, 6.07) is 8.77. The first-order valence-electron chi connectivity index (χ1n) is 16.0. The first kappa shape index (κ1) is 25.2. The SMILES string of the molecule is CN1CC[C@]23c4c5ccc(OOOc6ccc7c8c6O[C@H]6C(=O)CC[C@H]9[C@@H](C7)N(C)CC[C@]869)c4O[C@H]2C(=O)CC[C@H]3[C@H]1C5. The number of ether oxygens (including phenoxy) is 2. The van der Waals surface area contributed by atoms with E-state index in [4.69, 9.17) is 24.3 Å². The van der Waals surface area contributed by atoms with Gasteiger partial charge in [-0.3, -0.25) is 19.4 Å². The molecule has 2 saturated heterocycles. The molecule has 10 rings (SSSR count). The molecular formula is C34H36N2O7. The lowest BCUT2D eigenvalue weighted by Gasteiger charge is -2.57.